The van der Waals surface area contributed by atoms with E-state index in [4.69, 9.17) is 9.84 Å². The molecule has 23 heavy (non-hydrogen) atoms. The van der Waals surface area contributed by atoms with E-state index in [9.17, 15) is 9.59 Å². The zero-order valence-electron chi connectivity index (χ0n) is 13.9. The maximum atomic E-state index is 12.3. The Morgan fingerprint density at radius 1 is 1.35 bits per heavy atom. The van der Waals surface area contributed by atoms with Crippen LogP contribution in [0.4, 0.5) is 5.69 Å². The number of nitrogens with zero attached hydrogens (tertiary/aromatic N) is 2. The normalized spacial score (nSPS) is 16.5. The number of likely N-dealkylation sites (N-methyl/N-ethyl adjacent to an activating group) is 1. The van der Waals surface area contributed by atoms with Gasteiger partial charge < -0.3 is 19.6 Å². The lowest BCUT2D eigenvalue weighted by Crippen LogP contribution is -2.42. The summed E-state index contributed by atoms with van der Waals surface area (Å²) in [6, 6.07) is 5.77. The van der Waals surface area contributed by atoms with Gasteiger partial charge in [0.15, 0.2) is 0 Å². The van der Waals surface area contributed by atoms with Crippen molar-refractivity contribution in [1.82, 2.24) is 4.90 Å². The van der Waals surface area contributed by atoms with Gasteiger partial charge in [-0.1, -0.05) is 6.07 Å². The number of ether oxygens (including phenoxy) is 1. The SMILES string of the molecule is CCN(CC)c1ccc2c(c1)OC(=O)C(C(=O)N(C)CCO)C2. The van der Waals surface area contributed by atoms with Gasteiger partial charge in [-0.05, 0) is 31.9 Å². The maximum Gasteiger partial charge on any atom is 0.324 e. The molecule has 1 aliphatic rings. The molecule has 0 aromatic heterocycles. The highest BCUT2D eigenvalue weighted by Gasteiger charge is 2.36. The number of rotatable bonds is 6. The van der Waals surface area contributed by atoms with E-state index in [0.29, 0.717) is 12.2 Å². The van der Waals surface area contributed by atoms with Gasteiger partial charge in [-0.3, -0.25) is 9.59 Å². The van der Waals surface area contributed by atoms with E-state index < -0.39 is 11.9 Å². The highest BCUT2D eigenvalue weighted by Crippen LogP contribution is 2.32. The molecule has 2 rings (SSSR count). The van der Waals surface area contributed by atoms with E-state index in [1.807, 2.05) is 18.2 Å². The Hall–Kier alpha value is -2.08. The summed E-state index contributed by atoms with van der Waals surface area (Å²) in [5.41, 5.74) is 1.86. The molecule has 1 heterocycles. The van der Waals surface area contributed by atoms with Crippen molar-refractivity contribution in [1.29, 1.82) is 0 Å². The molecule has 1 aliphatic heterocycles. The van der Waals surface area contributed by atoms with Gasteiger partial charge >= 0.3 is 5.97 Å². The Labute approximate surface area is 136 Å². The van der Waals surface area contributed by atoms with Crippen molar-refractivity contribution in [3.8, 4) is 5.75 Å². The average molecular weight is 320 g/mol. The van der Waals surface area contributed by atoms with Gasteiger partial charge in [0.25, 0.3) is 0 Å². The fraction of sp³-hybridized carbons (Fsp3) is 0.529. The molecule has 126 valence electrons. The molecule has 1 unspecified atom stereocenters. The summed E-state index contributed by atoms with van der Waals surface area (Å²) in [4.78, 5) is 28.0. The number of aliphatic hydroxyl groups is 1. The Balaban J connectivity index is 2.21. The highest BCUT2D eigenvalue weighted by atomic mass is 16.5. The second-order valence-electron chi connectivity index (χ2n) is 5.63. The van der Waals surface area contributed by atoms with Gasteiger partial charge in [0.1, 0.15) is 11.7 Å². The molecule has 1 amide bonds. The van der Waals surface area contributed by atoms with E-state index in [-0.39, 0.29) is 19.1 Å². The number of carbonyl (C=O) groups is 2. The molecule has 6 nitrogen and oxygen atoms in total. The smallest absolute Gasteiger partial charge is 0.324 e. The van der Waals surface area contributed by atoms with Gasteiger partial charge in [-0.25, -0.2) is 0 Å². The van der Waals surface area contributed by atoms with Crippen molar-refractivity contribution in [3.63, 3.8) is 0 Å². The van der Waals surface area contributed by atoms with E-state index in [2.05, 4.69) is 18.7 Å². The van der Waals surface area contributed by atoms with Gasteiger partial charge in [0, 0.05) is 38.4 Å². The minimum atomic E-state index is -0.835. The molecule has 0 aliphatic carbocycles. The summed E-state index contributed by atoms with van der Waals surface area (Å²) in [6.07, 6.45) is 0.335. The maximum absolute atomic E-state index is 12.3. The standard InChI is InChI=1S/C17H24N2O4/c1-4-19(5-2)13-7-6-12-10-14(16(21)18(3)8-9-20)17(22)23-15(12)11-13/h6-7,11,14,20H,4-5,8-10H2,1-3H3. The van der Waals surface area contributed by atoms with Crippen molar-refractivity contribution >= 4 is 17.6 Å². The van der Waals surface area contributed by atoms with Crippen LogP contribution in [-0.4, -0.2) is 55.2 Å². The van der Waals surface area contributed by atoms with Crippen molar-refractivity contribution in [2.45, 2.75) is 20.3 Å². The first kappa shape index (κ1) is 17.3. The molecular weight excluding hydrogens is 296 g/mol. The Bertz CT molecular complexity index is 584. The lowest BCUT2D eigenvalue weighted by molar-refractivity contribution is -0.150. The van der Waals surface area contributed by atoms with Crippen molar-refractivity contribution in [2.75, 3.05) is 38.2 Å². The summed E-state index contributed by atoms with van der Waals surface area (Å²) >= 11 is 0. The predicted molar refractivity (Wildman–Crippen MR) is 87.6 cm³/mol. The lowest BCUT2D eigenvalue weighted by atomic mass is 9.94. The molecule has 1 N–H and O–H groups in total. The van der Waals surface area contributed by atoms with Crippen LogP contribution < -0.4 is 9.64 Å². The number of benzene rings is 1. The number of anilines is 1. The fourth-order valence-corrected chi connectivity index (χ4v) is 2.79. The van der Waals surface area contributed by atoms with Crippen LogP contribution in [0.1, 0.15) is 19.4 Å². The number of fused-ring (bicyclic) bond motifs is 1. The third-order valence-corrected chi connectivity index (χ3v) is 4.21. The second kappa shape index (κ2) is 7.46. The average Bonchev–Trinajstić information content (AvgIpc) is 2.54. The summed E-state index contributed by atoms with van der Waals surface area (Å²) < 4.78 is 5.40. The zero-order valence-corrected chi connectivity index (χ0v) is 13.9. The van der Waals surface area contributed by atoms with Crippen LogP contribution in [0.2, 0.25) is 0 Å². The number of amides is 1. The summed E-state index contributed by atoms with van der Waals surface area (Å²) in [7, 11) is 1.57. The molecule has 1 aromatic rings. The Kier molecular flexibility index (Phi) is 5.60. The number of hydrogen-bond acceptors (Lipinski definition) is 5. The van der Waals surface area contributed by atoms with E-state index >= 15 is 0 Å². The second-order valence-corrected chi connectivity index (χ2v) is 5.63. The molecule has 6 heteroatoms. The van der Waals surface area contributed by atoms with Crippen LogP contribution in [0.3, 0.4) is 0 Å². The molecule has 0 bridgehead atoms. The third-order valence-electron chi connectivity index (χ3n) is 4.21. The van der Waals surface area contributed by atoms with Crippen LogP contribution in [0, 0.1) is 5.92 Å². The van der Waals surface area contributed by atoms with Crippen molar-refractivity contribution in [2.24, 2.45) is 5.92 Å². The third kappa shape index (κ3) is 3.64. The lowest BCUT2D eigenvalue weighted by Gasteiger charge is -2.28. The van der Waals surface area contributed by atoms with Gasteiger partial charge in [-0.2, -0.15) is 0 Å². The van der Waals surface area contributed by atoms with Crippen molar-refractivity contribution in [3.05, 3.63) is 23.8 Å². The zero-order chi connectivity index (χ0) is 17.0. The minimum absolute atomic E-state index is 0.131. The van der Waals surface area contributed by atoms with E-state index in [1.54, 1.807) is 7.05 Å². The molecule has 0 fully saturated rings. The molecule has 0 spiro atoms. The van der Waals surface area contributed by atoms with Crippen LogP contribution in [0.25, 0.3) is 0 Å². The largest absolute Gasteiger partial charge is 0.426 e. The van der Waals surface area contributed by atoms with Crippen LogP contribution >= 0.6 is 0 Å². The number of esters is 1. The van der Waals surface area contributed by atoms with E-state index in [0.717, 1.165) is 24.3 Å². The summed E-state index contributed by atoms with van der Waals surface area (Å²) in [6.45, 7) is 5.96. The fourth-order valence-electron chi connectivity index (χ4n) is 2.79. The topological polar surface area (TPSA) is 70.1 Å². The monoisotopic (exact) mass is 320 g/mol. The number of hydrogen-bond donors (Lipinski definition) is 1. The first-order chi connectivity index (χ1) is 11.0. The molecule has 1 aromatic carbocycles. The first-order valence-electron chi connectivity index (χ1n) is 7.97. The van der Waals surface area contributed by atoms with Gasteiger partial charge in [0.05, 0.1) is 6.61 Å². The first-order valence-corrected chi connectivity index (χ1v) is 7.97. The quantitative estimate of drug-likeness (QED) is 0.482. The van der Waals surface area contributed by atoms with Gasteiger partial charge in [0.2, 0.25) is 5.91 Å². The molecule has 0 radical (unpaired) electrons. The van der Waals surface area contributed by atoms with Gasteiger partial charge in [-0.15, -0.1) is 0 Å². The summed E-state index contributed by atoms with van der Waals surface area (Å²) in [5, 5.41) is 8.92. The Morgan fingerprint density at radius 2 is 2.04 bits per heavy atom. The molecular formula is C17H24N2O4. The Morgan fingerprint density at radius 3 is 2.65 bits per heavy atom. The number of carbonyl (C=O) groups excluding carboxylic acids is 2. The predicted octanol–water partition coefficient (Wildman–Crippen LogP) is 1.06. The number of aliphatic hydroxyl groups excluding tert-OH is 1. The highest BCUT2D eigenvalue weighted by molar-refractivity contribution is 6.00. The molecule has 0 saturated carbocycles. The minimum Gasteiger partial charge on any atom is -0.426 e. The van der Waals surface area contributed by atoms with Crippen LogP contribution in [0.15, 0.2) is 18.2 Å². The molecule has 1 atom stereocenters. The van der Waals surface area contributed by atoms with Crippen LogP contribution in [-0.2, 0) is 16.0 Å². The molecule has 0 saturated heterocycles. The summed E-state index contributed by atoms with van der Waals surface area (Å²) in [5.74, 6) is -1.14. The van der Waals surface area contributed by atoms with Crippen molar-refractivity contribution < 1.29 is 19.4 Å². The van der Waals surface area contributed by atoms with Crippen LogP contribution in [0.5, 0.6) is 5.75 Å². The van der Waals surface area contributed by atoms with E-state index in [1.165, 1.54) is 4.90 Å².